The third-order valence-electron chi connectivity index (χ3n) is 5.77. The summed E-state index contributed by atoms with van der Waals surface area (Å²) in [5, 5.41) is 10.4. The van der Waals surface area contributed by atoms with Gasteiger partial charge in [-0.1, -0.05) is 12.1 Å². The Labute approximate surface area is 153 Å². The summed E-state index contributed by atoms with van der Waals surface area (Å²) in [6, 6.07) is 6.47. The number of nitrogens with one attached hydrogen (secondary N) is 1. The van der Waals surface area contributed by atoms with E-state index in [0.717, 1.165) is 44.6 Å². The first-order chi connectivity index (χ1) is 12.6. The molecule has 1 aromatic carbocycles. The quantitative estimate of drug-likeness (QED) is 0.883. The van der Waals surface area contributed by atoms with Crippen molar-refractivity contribution >= 4 is 11.6 Å². The van der Waals surface area contributed by atoms with E-state index in [4.69, 9.17) is 0 Å². The minimum Gasteiger partial charge on any atom is -0.385 e. The SMILES string of the molecule is CN1C(=O)CCc2cc(CN3CCC(C(O)c4ncc[nH]4)CC3)ccc21. The van der Waals surface area contributed by atoms with Gasteiger partial charge in [-0.3, -0.25) is 9.69 Å². The van der Waals surface area contributed by atoms with Gasteiger partial charge in [0.15, 0.2) is 0 Å². The number of rotatable bonds is 4. The first kappa shape index (κ1) is 17.2. The number of imidazole rings is 1. The van der Waals surface area contributed by atoms with Crippen molar-refractivity contribution < 1.29 is 9.90 Å². The molecule has 0 radical (unpaired) electrons. The van der Waals surface area contributed by atoms with Crippen molar-refractivity contribution in [2.45, 2.75) is 38.3 Å². The Morgan fingerprint density at radius 2 is 2.12 bits per heavy atom. The van der Waals surface area contributed by atoms with Crippen LogP contribution in [0.3, 0.4) is 0 Å². The highest BCUT2D eigenvalue weighted by Crippen LogP contribution is 2.31. The number of fused-ring (bicyclic) bond motifs is 1. The van der Waals surface area contributed by atoms with Crippen LogP contribution in [0.4, 0.5) is 5.69 Å². The van der Waals surface area contributed by atoms with Gasteiger partial charge in [-0.2, -0.15) is 0 Å². The maximum absolute atomic E-state index is 11.8. The van der Waals surface area contributed by atoms with Crippen molar-refractivity contribution in [1.29, 1.82) is 0 Å². The number of nitrogens with zero attached hydrogens (tertiary/aromatic N) is 3. The Bertz CT molecular complexity index is 766. The number of amides is 1. The summed E-state index contributed by atoms with van der Waals surface area (Å²) >= 11 is 0. The van der Waals surface area contributed by atoms with E-state index in [1.54, 1.807) is 17.3 Å². The Hall–Kier alpha value is -2.18. The molecule has 1 saturated heterocycles. The summed E-state index contributed by atoms with van der Waals surface area (Å²) in [6.45, 7) is 2.89. The van der Waals surface area contributed by atoms with Gasteiger partial charge in [0.1, 0.15) is 11.9 Å². The lowest BCUT2D eigenvalue weighted by Gasteiger charge is -2.34. The van der Waals surface area contributed by atoms with Crippen LogP contribution in [0.1, 0.15) is 42.3 Å². The summed E-state index contributed by atoms with van der Waals surface area (Å²) in [5.74, 6) is 1.14. The molecule has 0 bridgehead atoms. The lowest BCUT2D eigenvalue weighted by atomic mass is 9.90. The lowest BCUT2D eigenvalue weighted by Crippen LogP contribution is -2.35. The summed E-state index contributed by atoms with van der Waals surface area (Å²) < 4.78 is 0. The van der Waals surface area contributed by atoms with E-state index in [1.165, 1.54) is 11.1 Å². The van der Waals surface area contributed by atoms with Crippen LogP contribution in [-0.4, -0.2) is 46.0 Å². The summed E-state index contributed by atoms with van der Waals surface area (Å²) in [4.78, 5) is 23.2. The van der Waals surface area contributed by atoms with Crippen molar-refractivity contribution in [2.24, 2.45) is 5.92 Å². The first-order valence-electron chi connectivity index (χ1n) is 9.40. The maximum atomic E-state index is 11.8. The second-order valence-corrected chi connectivity index (χ2v) is 7.45. The predicted octanol–water partition coefficient (Wildman–Crippen LogP) is 2.26. The van der Waals surface area contributed by atoms with Crippen LogP contribution < -0.4 is 4.90 Å². The number of hydrogen-bond acceptors (Lipinski definition) is 4. The van der Waals surface area contributed by atoms with Gasteiger partial charge >= 0.3 is 0 Å². The number of likely N-dealkylation sites (tertiary alicyclic amines) is 1. The highest BCUT2D eigenvalue weighted by Gasteiger charge is 2.28. The van der Waals surface area contributed by atoms with Crippen LogP contribution in [-0.2, 0) is 17.8 Å². The fraction of sp³-hybridized carbons (Fsp3) is 0.500. The molecule has 6 nitrogen and oxygen atoms in total. The minimum atomic E-state index is -0.496. The van der Waals surface area contributed by atoms with E-state index in [9.17, 15) is 9.90 Å². The number of aliphatic hydroxyl groups is 1. The number of carbonyl (C=O) groups is 1. The molecular weight excluding hydrogens is 328 g/mol. The molecule has 2 aromatic rings. The molecule has 0 aliphatic carbocycles. The zero-order valence-electron chi connectivity index (χ0n) is 15.2. The van der Waals surface area contributed by atoms with Crippen molar-refractivity contribution in [2.75, 3.05) is 25.0 Å². The topological polar surface area (TPSA) is 72.5 Å². The zero-order chi connectivity index (χ0) is 18.1. The molecule has 2 N–H and O–H groups in total. The average molecular weight is 354 g/mol. The highest BCUT2D eigenvalue weighted by atomic mass is 16.3. The number of aromatic amines is 1. The third kappa shape index (κ3) is 3.39. The summed E-state index contributed by atoms with van der Waals surface area (Å²) in [6.07, 6.45) is 6.34. The highest BCUT2D eigenvalue weighted by molar-refractivity contribution is 5.95. The van der Waals surface area contributed by atoms with Crippen molar-refractivity contribution in [3.8, 4) is 0 Å². The Morgan fingerprint density at radius 3 is 2.85 bits per heavy atom. The molecule has 1 fully saturated rings. The van der Waals surface area contributed by atoms with Crippen LogP contribution in [0.25, 0.3) is 0 Å². The summed E-state index contributed by atoms with van der Waals surface area (Å²) in [5.41, 5.74) is 3.62. The number of piperidine rings is 1. The van der Waals surface area contributed by atoms with Gasteiger partial charge in [0, 0.05) is 38.1 Å². The van der Waals surface area contributed by atoms with Crippen molar-refractivity contribution in [3.05, 3.63) is 47.5 Å². The molecule has 1 unspecified atom stereocenters. The van der Waals surface area contributed by atoms with Gasteiger partial charge in [-0.05, 0) is 55.5 Å². The molecule has 0 saturated carbocycles. The predicted molar refractivity (Wildman–Crippen MR) is 99.7 cm³/mol. The molecule has 1 amide bonds. The Kier molecular flexibility index (Phi) is 4.78. The fourth-order valence-corrected chi connectivity index (χ4v) is 4.16. The number of carbonyl (C=O) groups excluding carboxylic acids is 1. The molecule has 1 atom stereocenters. The van der Waals surface area contributed by atoms with Gasteiger partial charge in [0.2, 0.25) is 5.91 Å². The number of aromatic nitrogens is 2. The average Bonchev–Trinajstić information content (AvgIpc) is 3.20. The van der Waals surface area contributed by atoms with Crippen LogP contribution in [0.5, 0.6) is 0 Å². The molecule has 26 heavy (non-hydrogen) atoms. The Morgan fingerprint density at radius 1 is 1.31 bits per heavy atom. The number of benzene rings is 1. The second-order valence-electron chi connectivity index (χ2n) is 7.45. The van der Waals surface area contributed by atoms with E-state index < -0.39 is 6.10 Å². The standard InChI is InChI=1S/C20H26N4O2/c1-23-17-4-2-14(12-16(17)3-5-18(23)25)13-24-10-6-15(7-11-24)19(26)20-21-8-9-22-20/h2,4,8-9,12,15,19,26H,3,5-7,10-11,13H2,1H3,(H,21,22). The van der Waals surface area contributed by atoms with Gasteiger partial charge in [0.25, 0.3) is 0 Å². The Balaban J connectivity index is 1.35. The van der Waals surface area contributed by atoms with Gasteiger partial charge in [-0.15, -0.1) is 0 Å². The van der Waals surface area contributed by atoms with E-state index >= 15 is 0 Å². The molecule has 3 heterocycles. The lowest BCUT2D eigenvalue weighted by molar-refractivity contribution is -0.118. The fourth-order valence-electron chi connectivity index (χ4n) is 4.16. The van der Waals surface area contributed by atoms with Crippen LogP contribution in [0.2, 0.25) is 0 Å². The summed E-state index contributed by atoms with van der Waals surface area (Å²) in [7, 11) is 1.86. The maximum Gasteiger partial charge on any atom is 0.227 e. The largest absolute Gasteiger partial charge is 0.385 e. The van der Waals surface area contributed by atoms with Crippen LogP contribution in [0.15, 0.2) is 30.6 Å². The third-order valence-corrected chi connectivity index (χ3v) is 5.77. The smallest absolute Gasteiger partial charge is 0.227 e. The number of anilines is 1. The number of aliphatic hydroxyl groups excluding tert-OH is 1. The minimum absolute atomic E-state index is 0.197. The van der Waals surface area contributed by atoms with Gasteiger partial charge < -0.3 is 15.0 Å². The van der Waals surface area contributed by atoms with Gasteiger partial charge in [0.05, 0.1) is 0 Å². The molecule has 2 aliphatic rings. The number of aryl methyl sites for hydroxylation is 1. The van der Waals surface area contributed by atoms with E-state index in [2.05, 4.69) is 33.1 Å². The first-order valence-corrected chi connectivity index (χ1v) is 9.40. The molecule has 0 spiro atoms. The monoisotopic (exact) mass is 354 g/mol. The number of H-pyrrole nitrogens is 1. The van der Waals surface area contributed by atoms with E-state index in [0.29, 0.717) is 12.2 Å². The molecule has 1 aromatic heterocycles. The van der Waals surface area contributed by atoms with Crippen molar-refractivity contribution in [1.82, 2.24) is 14.9 Å². The van der Waals surface area contributed by atoms with E-state index in [1.807, 2.05) is 7.05 Å². The van der Waals surface area contributed by atoms with Gasteiger partial charge in [-0.25, -0.2) is 4.98 Å². The molecular formula is C20H26N4O2. The molecule has 6 heteroatoms. The number of hydrogen-bond donors (Lipinski definition) is 2. The van der Waals surface area contributed by atoms with E-state index in [-0.39, 0.29) is 11.8 Å². The second kappa shape index (κ2) is 7.21. The molecule has 2 aliphatic heterocycles. The molecule has 138 valence electrons. The zero-order valence-corrected chi connectivity index (χ0v) is 15.2. The molecule has 4 rings (SSSR count). The van der Waals surface area contributed by atoms with Crippen LogP contribution in [0, 0.1) is 5.92 Å². The van der Waals surface area contributed by atoms with Crippen LogP contribution >= 0.6 is 0 Å². The normalized spacial score (nSPS) is 20.2. The van der Waals surface area contributed by atoms with Crippen molar-refractivity contribution in [3.63, 3.8) is 0 Å².